The summed E-state index contributed by atoms with van der Waals surface area (Å²) in [5.74, 6) is 2.61. The van der Waals surface area contributed by atoms with Gasteiger partial charge in [-0.3, -0.25) is 4.79 Å². The molecule has 2 aromatic carbocycles. The summed E-state index contributed by atoms with van der Waals surface area (Å²) in [6.45, 7) is 4.36. The number of rotatable bonds is 7. The Labute approximate surface area is 196 Å². The maximum Gasteiger partial charge on any atom is 0.231 e. The van der Waals surface area contributed by atoms with E-state index in [9.17, 15) is 4.79 Å². The van der Waals surface area contributed by atoms with Crippen molar-refractivity contribution < 1.29 is 14.3 Å². The lowest BCUT2D eigenvalue weighted by Crippen LogP contribution is -2.46. The van der Waals surface area contributed by atoms with Crippen molar-refractivity contribution in [2.24, 2.45) is 0 Å². The lowest BCUT2D eigenvalue weighted by Gasteiger charge is -2.36. The number of thioether (sulfide) groups is 1. The highest BCUT2D eigenvalue weighted by molar-refractivity contribution is 7.99. The largest absolute Gasteiger partial charge is 0.454 e. The number of fused-ring (bicyclic) bond motifs is 1. The molecule has 0 radical (unpaired) electrons. The molecule has 5 rings (SSSR count). The number of benzene rings is 2. The fourth-order valence-corrected chi connectivity index (χ4v) is 4.55. The number of para-hydroxylation sites is 1. The van der Waals surface area contributed by atoms with Crippen LogP contribution in [0.5, 0.6) is 11.5 Å². The van der Waals surface area contributed by atoms with Crippen molar-refractivity contribution in [2.45, 2.75) is 11.6 Å². The van der Waals surface area contributed by atoms with Gasteiger partial charge < -0.3 is 24.6 Å². The topological polar surface area (TPSA) is 79.8 Å². The number of hydrogen-bond donors (Lipinski definition) is 1. The highest BCUT2D eigenvalue weighted by Crippen LogP contribution is 2.32. The first-order valence-corrected chi connectivity index (χ1v) is 11.9. The summed E-state index contributed by atoms with van der Waals surface area (Å²) in [5.41, 5.74) is 2.22. The Morgan fingerprint density at radius 1 is 0.939 bits per heavy atom. The molecule has 9 heteroatoms. The molecule has 2 aliphatic heterocycles. The fourth-order valence-electron chi connectivity index (χ4n) is 3.86. The molecule has 0 bridgehead atoms. The smallest absolute Gasteiger partial charge is 0.231 e. The third-order valence-corrected chi connectivity index (χ3v) is 6.56. The molecule has 2 aliphatic rings. The number of anilines is 2. The number of nitrogens with one attached hydrogen (secondary N) is 1. The Hall–Kier alpha value is -3.46. The Morgan fingerprint density at radius 2 is 1.73 bits per heavy atom. The molecular formula is C24H25N5O3S. The van der Waals surface area contributed by atoms with Crippen LogP contribution in [-0.2, 0) is 11.3 Å². The molecule has 170 valence electrons. The molecule has 1 aromatic heterocycles. The lowest BCUT2D eigenvalue weighted by molar-refractivity contribution is -0.118. The van der Waals surface area contributed by atoms with Gasteiger partial charge in [-0.1, -0.05) is 36.0 Å². The quantitative estimate of drug-likeness (QED) is 0.423. The molecule has 33 heavy (non-hydrogen) atoms. The molecule has 1 saturated heterocycles. The van der Waals surface area contributed by atoms with Crippen molar-refractivity contribution in [3.63, 3.8) is 0 Å². The van der Waals surface area contributed by atoms with E-state index in [2.05, 4.69) is 49.4 Å². The molecule has 8 nitrogen and oxygen atoms in total. The second-order valence-electron chi connectivity index (χ2n) is 7.78. The SMILES string of the molecule is O=C(CSc1cc(N2CCN(c3ccccc3)CC2)ncn1)NCc1ccc2c(c1)OCO2. The van der Waals surface area contributed by atoms with Crippen molar-refractivity contribution >= 4 is 29.2 Å². The van der Waals surface area contributed by atoms with E-state index in [1.807, 2.05) is 30.3 Å². The number of piperazine rings is 1. The first-order valence-electron chi connectivity index (χ1n) is 10.9. The maximum absolute atomic E-state index is 12.3. The van der Waals surface area contributed by atoms with Gasteiger partial charge in [0.15, 0.2) is 11.5 Å². The summed E-state index contributed by atoms with van der Waals surface area (Å²) in [7, 11) is 0. The van der Waals surface area contributed by atoms with E-state index in [0.717, 1.165) is 48.3 Å². The van der Waals surface area contributed by atoms with E-state index >= 15 is 0 Å². The zero-order valence-corrected chi connectivity index (χ0v) is 19.0. The molecule has 3 aromatic rings. The number of ether oxygens (including phenoxy) is 2. The Bertz CT molecular complexity index is 1110. The minimum Gasteiger partial charge on any atom is -0.454 e. The third kappa shape index (κ3) is 5.31. The molecule has 0 spiro atoms. The second kappa shape index (κ2) is 9.99. The van der Waals surface area contributed by atoms with Crippen LogP contribution in [0, 0.1) is 0 Å². The van der Waals surface area contributed by atoms with Gasteiger partial charge in [-0.2, -0.15) is 0 Å². The molecule has 1 fully saturated rings. The summed E-state index contributed by atoms with van der Waals surface area (Å²) in [6, 6.07) is 18.1. The normalized spacial score (nSPS) is 14.9. The first kappa shape index (κ1) is 21.4. The first-order chi connectivity index (χ1) is 16.2. The van der Waals surface area contributed by atoms with Crippen molar-refractivity contribution in [1.29, 1.82) is 0 Å². The minimum absolute atomic E-state index is 0.0469. The molecule has 1 N–H and O–H groups in total. The fraction of sp³-hybridized carbons (Fsp3) is 0.292. The summed E-state index contributed by atoms with van der Waals surface area (Å²) in [5, 5.41) is 3.74. The molecule has 0 saturated carbocycles. The van der Waals surface area contributed by atoms with Crippen LogP contribution in [0.3, 0.4) is 0 Å². The van der Waals surface area contributed by atoms with Crippen LogP contribution in [0.15, 0.2) is 66.0 Å². The summed E-state index contributed by atoms with van der Waals surface area (Å²) < 4.78 is 10.7. The predicted octanol–water partition coefficient (Wildman–Crippen LogP) is 2.94. The van der Waals surface area contributed by atoms with E-state index in [1.165, 1.54) is 17.4 Å². The molecule has 3 heterocycles. The van der Waals surface area contributed by atoms with Gasteiger partial charge in [0.25, 0.3) is 0 Å². The van der Waals surface area contributed by atoms with Crippen LogP contribution in [0.2, 0.25) is 0 Å². The third-order valence-electron chi connectivity index (χ3n) is 5.63. The summed E-state index contributed by atoms with van der Waals surface area (Å²) in [4.78, 5) is 25.8. The standard InChI is InChI=1S/C24H25N5O3S/c30-23(25-14-18-6-7-20-21(12-18)32-17-31-20)15-33-24-13-22(26-16-27-24)29-10-8-28(9-11-29)19-4-2-1-3-5-19/h1-7,12-13,16H,8-11,14-15,17H2,(H,25,30). The lowest BCUT2D eigenvalue weighted by atomic mass is 10.2. The van der Waals surface area contributed by atoms with Gasteiger partial charge in [0.1, 0.15) is 17.2 Å². The zero-order valence-electron chi connectivity index (χ0n) is 18.1. The van der Waals surface area contributed by atoms with Crippen LogP contribution in [0.1, 0.15) is 5.56 Å². The van der Waals surface area contributed by atoms with Crippen molar-refractivity contribution in [3.8, 4) is 11.5 Å². The van der Waals surface area contributed by atoms with Crippen LogP contribution in [-0.4, -0.2) is 54.6 Å². The Morgan fingerprint density at radius 3 is 2.58 bits per heavy atom. The van der Waals surface area contributed by atoms with Crippen molar-refractivity contribution in [1.82, 2.24) is 15.3 Å². The number of hydrogen-bond acceptors (Lipinski definition) is 8. The van der Waals surface area contributed by atoms with Gasteiger partial charge in [-0.05, 0) is 29.8 Å². The van der Waals surface area contributed by atoms with Crippen LogP contribution < -0.4 is 24.6 Å². The highest BCUT2D eigenvalue weighted by Gasteiger charge is 2.19. The average Bonchev–Trinajstić information content (AvgIpc) is 3.35. The van der Waals surface area contributed by atoms with E-state index in [-0.39, 0.29) is 12.7 Å². The monoisotopic (exact) mass is 463 g/mol. The number of aromatic nitrogens is 2. The van der Waals surface area contributed by atoms with Gasteiger partial charge >= 0.3 is 0 Å². The van der Waals surface area contributed by atoms with Gasteiger partial charge in [0.2, 0.25) is 12.7 Å². The zero-order chi connectivity index (χ0) is 22.5. The van der Waals surface area contributed by atoms with E-state index in [1.54, 1.807) is 6.33 Å². The molecule has 0 aliphatic carbocycles. The molecule has 1 amide bonds. The summed E-state index contributed by atoms with van der Waals surface area (Å²) in [6.07, 6.45) is 1.58. The van der Waals surface area contributed by atoms with Gasteiger partial charge in [-0.25, -0.2) is 9.97 Å². The van der Waals surface area contributed by atoms with Crippen LogP contribution >= 0.6 is 11.8 Å². The summed E-state index contributed by atoms with van der Waals surface area (Å²) >= 11 is 1.41. The Balaban J connectivity index is 1.10. The molecule has 0 atom stereocenters. The number of amides is 1. The van der Waals surface area contributed by atoms with E-state index in [0.29, 0.717) is 18.0 Å². The number of carbonyl (C=O) groups excluding carboxylic acids is 1. The van der Waals surface area contributed by atoms with Gasteiger partial charge in [0, 0.05) is 44.5 Å². The van der Waals surface area contributed by atoms with E-state index < -0.39 is 0 Å². The average molecular weight is 464 g/mol. The second-order valence-corrected chi connectivity index (χ2v) is 8.77. The maximum atomic E-state index is 12.3. The minimum atomic E-state index is -0.0469. The van der Waals surface area contributed by atoms with E-state index in [4.69, 9.17) is 9.47 Å². The molecule has 0 unspecified atom stereocenters. The highest BCUT2D eigenvalue weighted by atomic mass is 32.2. The van der Waals surface area contributed by atoms with Gasteiger partial charge in [-0.15, -0.1) is 0 Å². The van der Waals surface area contributed by atoms with Crippen molar-refractivity contribution in [2.75, 3.05) is 48.5 Å². The van der Waals surface area contributed by atoms with Crippen LogP contribution in [0.4, 0.5) is 11.5 Å². The number of nitrogens with zero attached hydrogens (tertiary/aromatic N) is 4. The van der Waals surface area contributed by atoms with Crippen molar-refractivity contribution in [3.05, 3.63) is 66.5 Å². The van der Waals surface area contributed by atoms with Gasteiger partial charge in [0.05, 0.1) is 5.75 Å². The predicted molar refractivity (Wildman–Crippen MR) is 128 cm³/mol. The number of carbonyl (C=O) groups is 1. The van der Waals surface area contributed by atoms with Crippen LogP contribution in [0.25, 0.3) is 0 Å². The molecular weight excluding hydrogens is 438 g/mol. The Kier molecular flexibility index (Phi) is 6.48.